The van der Waals surface area contributed by atoms with E-state index < -0.39 is 0 Å². The summed E-state index contributed by atoms with van der Waals surface area (Å²) in [6.45, 7) is 3.02. The number of halogens is 2. The van der Waals surface area contributed by atoms with Crippen LogP contribution in [0.25, 0.3) is 44.0 Å². The zero-order chi connectivity index (χ0) is 24.8. The van der Waals surface area contributed by atoms with Gasteiger partial charge in [0.15, 0.2) is 0 Å². The Hall–Kier alpha value is -3.67. The molecule has 0 aliphatic rings. The molecule has 0 saturated heterocycles. The number of fused-ring (bicyclic) bond motifs is 4. The van der Waals surface area contributed by atoms with Gasteiger partial charge in [-0.25, -0.2) is 4.98 Å². The van der Waals surface area contributed by atoms with Gasteiger partial charge in [-0.2, -0.15) is 0 Å². The number of pyridine rings is 1. The fourth-order valence-electron chi connectivity index (χ4n) is 4.82. The number of aryl methyl sites for hydroxylation is 1. The molecule has 0 bridgehead atoms. The maximum atomic E-state index is 13.7. The van der Waals surface area contributed by atoms with Crippen LogP contribution >= 0.6 is 27.5 Å². The molecule has 0 fully saturated rings. The van der Waals surface area contributed by atoms with Crippen molar-refractivity contribution in [1.82, 2.24) is 9.55 Å². The van der Waals surface area contributed by atoms with Crippen molar-refractivity contribution in [2.45, 2.75) is 13.5 Å². The van der Waals surface area contributed by atoms with Crippen LogP contribution in [0.3, 0.4) is 0 Å². The molecule has 6 rings (SSSR count). The van der Waals surface area contributed by atoms with E-state index in [1.54, 1.807) is 0 Å². The molecule has 6 heteroatoms. The van der Waals surface area contributed by atoms with Crippen LogP contribution in [0.5, 0.6) is 0 Å². The largest absolute Gasteiger partial charge is 0.341 e. The SMILES string of the molecule is CCn1c2ccccc2c2cc(NC(=O)c3cc(-c4ccc(Cl)cc4)nc4ccc(Br)cc34)ccc21. The van der Waals surface area contributed by atoms with E-state index in [0.717, 1.165) is 44.1 Å². The van der Waals surface area contributed by atoms with Crippen LogP contribution in [0.15, 0.2) is 95.5 Å². The maximum absolute atomic E-state index is 13.7. The fraction of sp³-hybridized carbons (Fsp3) is 0.0667. The Labute approximate surface area is 221 Å². The summed E-state index contributed by atoms with van der Waals surface area (Å²) in [5, 5.41) is 6.86. The summed E-state index contributed by atoms with van der Waals surface area (Å²) in [4.78, 5) is 18.5. The number of para-hydroxylation sites is 1. The molecule has 1 amide bonds. The Kier molecular flexibility index (Phi) is 5.75. The minimum absolute atomic E-state index is 0.186. The monoisotopic (exact) mass is 553 g/mol. The first-order chi connectivity index (χ1) is 17.5. The van der Waals surface area contributed by atoms with Gasteiger partial charge in [-0.1, -0.05) is 57.9 Å². The van der Waals surface area contributed by atoms with Crippen molar-refractivity contribution < 1.29 is 4.79 Å². The third-order valence-corrected chi connectivity index (χ3v) is 7.25. The van der Waals surface area contributed by atoms with Gasteiger partial charge in [-0.3, -0.25) is 4.79 Å². The third kappa shape index (κ3) is 3.94. The van der Waals surface area contributed by atoms with Gasteiger partial charge in [0.05, 0.1) is 16.8 Å². The van der Waals surface area contributed by atoms with Crippen molar-refractivity contribution in [2.75, 3.05) is 5.32 Å². The van der Waals surface area contributed by atoms with E-state index in [4.69, 9.17) is 16.6 Å². The number of rotatable bonds is 4. The molecule has 6 aromatic rings. The lowest BCUT2D eigenvalue weighted by Gasteiger charge is -2.12. The minimum atomic E-state index is -0.186. The molecule has 0 spiro atoms. The van der Waals surface area contributed by atoms with Gasteiger partial charge in [0, 0.05) is 54.5 Å². The fourth-order valence-corrected chi connectivity index (χ4v) is 5.31. The summed E-state index contributed by atoms with van der Waals surface area (Å²) >= 11 is 9.62. The minimum Gasteiger partial charge on any atom is -0.341 e. The number of nitrogens with zero attached hydrogens (tertiary/aromatic N) is 2. The van der Waals surface area contributed by atoms with Crippen molar-refractivity contribution in [1.29, 1.82) is 0 Å². The molecule has 4 nitrogen and oxygen atoms in total. The van der Waals surface area contributed by atoms with E-state index in [0.29, 0.717) is 16.3 Å². The molecule has 0 aliphatic carbocycles. The second kappa shape index (κ2) is 9.08. The summed E-state index contributed by atoms with van der Waals surface area (Å²) < 4.78 is 3.18. The van der Waals surface area contributed by atoms with Crippen LogP contribution in [0, 0.1) is 0 Å². The Bertz CT molecular complexity index is 1790. The Morgan fingerprint density at radius 1 is 0.889 bits per heavy atom. The van der Waals surface area contributed by atoms with Crippen LogP contribution in [-0.2, 0) is 6.54 Å². The summed E-state index contributed by atoms with van der Waals surface area (Å²) in [7, 11) is 0. The number of hydrogen-bond acceptors (Lipinski definition) is 2. The number of nitrogens with one attached hydrogen (secondary N) is 1. The lowest BCUT2D eigenvalue weighted by Crippen LogP contribution is -2.13. The first-order valence-corrected chi connectivity index (χ1v) is 12.9. The number of carbonyl (C=O) groups excluding carboxylic acids is 1. The van der Waals surface area contributed by atoms with Gasteiger partial charge >= 0.3 is 0 Å². The molecule has 2 heterocycles. The molecule has 0 radical (unpaired) electrons. The Morgan fingerprint density at radius 3 is 2.47 bits per heavy atom. The second-order valence-corrected chi connectivity index (χ2v) is 10.0. The number of benzene rings is 4. The van der Waals surface area contributed by atoms with Crippen molar-refractivity contribution in [3.05, 3.63) is 106 Å². The molecule has 176 valence electrons. The lowest BCUT2D eigenvalue weighted by molar-refractivity contribution is 0.102. The quantitative estimate of drug-likeness (QED) is 0.237. The highest BCUT2D eigenvalue weighted by atomic mass is 79.9. The number of amides is 1. The van der Waals surface area contributed by atoms with E-state index in [-0.39, 0.29) is 5.91 Å². The zero-order valence-corrected chi connectivity index (χ0v) is 21.8. The normalized spacial score (nSPS) is 11.4. The number of carbonyl (C=O) groups is 1. The van der Waals surface area contributed by atoms with Gasteiger partial charge in [-0.15, -0.1) is 0 Å². The molecule has 4 aromatic carbocycles. The summed E-state index contributed by atoms with van der Waals surface area (Å²) in [5.74, 6) is -0.186. The average molecular weight is 555 g/mol. The van der Waals surface area contributed by atoms with E-state index in [1.165, 1.54) is 10.9 Å². The molecule has 0 unspecified atom stereocenters. The van der Waals surface area contributed by atoms with Crippen LogP contribution in [0.4, 0.5) is 5.69 Å². The Morgan fingerprint density at radius 2 is 1.67 bits per heavy atom. The van der Waals surface area contributed by atoms with E-state index in [2.05, 4.69) is 63.1 Å². The summed E-state index contributed by atoms with van der Waals surface area (Å²) in [5.41, 5.74) is 6.01. The zero-order valence-electron chi connectivity index (χ0n) is 19.4. The van der Waals surface area contributed by atoms with Gasteiger partial charge < -0.3 is 9.88 Å². The predicted octanol–water partition coefficient (Wildman–Crippen LogP) is 8.70. The highest BCUT2D eigenvalue weighted by molar-refractivity contribution is 9.10. The van der Waals surface area contributed by atoms with E-state index in [9.17, 15) is 4.79 Å². The van der Waals surface area contributed by atoms with Crippen molar-refractivity contribution >= 4 is 71.8 Å². The number of anilines is 1. The van der Waals surface area contributed by atoms with Crippen LogP contribution < -0.4 is 5.32 Å². The molecule has 0 atom stereocenters. The summed E-state index contributed by atoms with van der Waals surface area (Å²) in [6, 6.07) is 29.6. The second-order valence-electron chi connectivity index (χ2n) is 8.67. The first kappa shape index (κ1) is 22.8. The van der Waals surface area contributed by atoms with Gasteiger partial charge in [0.2, 0.25) is 0 Å². The van der Waals surface area contributed by atoms with Crippen molar-refractivity contribution in [3.8, 4) is 11.3 Å². The van der Waals surface area contributed by atoms with Crippen LogP contribution in [0.2, 0.25) is 5.02 Å². The molecule has 1 N–H and O–H groups in total. The molecule has 2 aromatic heterocycles. The molecule has 36 heavy (non-hydrogen) atoms. The highest BCUT2D eigenvalue weighted by Crippen LogP contribution is 2.32. The number of hydrogen-bond donors (Lipinski definition) is 1. The Balaban J connectivity index is 1.45. The summed E-state index contributed by atoms with van der Waals surface area (Å²) in [6.07, 6.45) is 0. The third-order valence-electron chi connectivity index (χ3n) is 6.50. The van der Waals surface area contributed by atoms with Gasteiger partial charge in [-0.05, 0) is 67.6 Å². The predicted molar refractivity (Wildman–Crippen MR) is 153 cm³/mol. The maximum Gasteiger partial charge on any atom is 0.256 e. The van der Waals surface area contributed by atoms with Crippen LogP contribution in [-0.4, -0.2) is 15.5 Å². The van der Waals surface area contributed by atoms with E-state index in [1.807, 2.05) is 60.7 Å². The van der Waals surface area contributed by atoms with Gasteiger partial charge in [0.25, 0.3) is 5.91 Å². The first-order valence-electron chi connectivity index (χ1n) is 11.7. The topological polar surface area (TPSA) is 46.9 Å². The standard InChI is InChI=1S/C30H21BrClN3O/c1-2-35-28-6-4-3-5-22(28)24-16-21(12-14-29(24)35)33-30(36)25-17-27(18-7-10-20(32)11-8-18)34-26-13-9-19(31)15-23(25)26/h3-17H,2H2,1H3,(H,33,36). The lowest BCUT2D eigenvalue weighted by atomic mass is 10.0. The van der Waals surface area contributed by atoms with Gasteiger partial charge in [0.1, 0.15) is 0 Å². The van der Waals surface area contributed by atoms with Crippen molar-refractivity contribution in [2.24, 2.45) is 0 Å². The average Bonchev–Trinajstić information content (AvgIpc) is 3.21. The van der Waals surface area contributed by atoms with Crippen LogP contribution in [0.1, 0.15) is 17.3 Å². The molecular formula is C30H21BrClN3O. The number of aromatic nitrogens is 2. The van der Waals surface area contributed by atoms with Crippen molar-refractivity contribution in [3.63, 3.8) is 0 Å². The smallest absolute Gasteiger partial charge is 0.256 e. The highest BCUT2D eigenvalue weighted by Gasteiger charge is 2.16. The molecule has 0 aliphatic heterocycles. The van der Waals surface area contributed by atoms with E-state index >= 15 is 0 Å². The molecule has 0 saturated carbocycles. The molecular weight excluding hydrogens is 534 g/mol.